The van der Waals surface area contributed by atoms with Crippen molar-refractivity contribution in [3.8, 4) is 5.69 Å². The number of urea groups is 1. The lowest BCUT2D eigenvalue weighted by molar-refractivity contribution is -0.147. The average Bonchev–Trinajstić information content (AvgIpc) is 2.77. The smallest absolute Gasteiger partial charge is 0.431 e. The molecular weight excluding hydrogens is 532 g/mol. The number of nitrogens with one attached hydrogen (secondary N) is 1. The average molecular weight is 551 g/mol. The van der Waals surface area contributed by atoms with Crippen LogP contribution in [-0.4, -0.2) is 46.2 Å². The van der Waals surface area contributed by atoms with Gasteiger partial charge in [-0.25, -0.2) is 18.5 Å². The molecule has 14 heteroatoms. The van der Waals surface area contributed by atoms with Gasteiger partial charge in [-0.3, -0.25) is 14.2 Å². The summed E-state index contributed by atoms with van der Waals surface area (Å²) in [7, 11) is 2.04. The van der Waals surface area contributed by atoms with Crippen LogP contribution in [0.3, 0.4) is 0 Å². The highest BCUT2D eigenvalue weighted by Gasteiger charge is 2.35. The molecule has 2 aromatic rings. The van der Waals surface area contributed by atoms with Gasteiger partial charge >= 0.3 is 23.9 Å². The first kappa shape index (κ1) is 25.5. The van der Waals surface area contributed by atoms with Crippen molar-refractivity contribution in [2.45, 2.75) is 19.0 Å². The van der Waals surface area contributed by atoms with E-state index in [0.29, 0.717) is 19.4 Å². The predicted molar refractivity (Wildman–Crippen MR) is 115 cm³/mol. The quantitative estimate of drug-likeness (QED) is 0.467. The number of piperidine rings is 1. The van der Waals surface area contributed by atoms with Crippen LogP contribution in [-0.2, 0) is 22.8 Å². The number of halogens is 5. The zero-order chi connectivity index (χ0) is 25.4. The third-order valence-corrected chi connectivity index (χ3v) is 6.03. The second-order valence-electron chi connectivity index (χ2n) is 7.56. The lowest BCUT2D eigenvalue weighted by Crippen LogP contribution is -2.44. The highest BCUT2D eigenvalue weighted by Crippen LogP contribution is 2.30. The Bertz CT molecular complexity index is 1260. The largest absolute Gasteiger partial charge is 0.469 e. The van der Waals surface area contributed by atoms with Gasteiger partial charge in [0.15, 0.2) is 0 Å². The Morgan fingerprint density at radius 2 is 1.88 bits per heavy atom. The van der Waals surface area contributed by atoms with Crippen molar-refractivity contribution in [2.75, 3.05) is 25.5 Å². The number of anilines is 1. The predicted octanol–water partition coefficient (Wildman–Crippen LogP) is 2.87. The fourth-order valence-corrected chi connectivity index (χ4v) is 4.05. The molecule has 1 aliphatic rings. The number of methoxy groups -OCH3 is 1. The number of carbonyl (C=O) groups is 2. The minimum atomic E-state index is -4.97. The number of carbonyl (C=O) groups excluding carboxylic acids is 2. The number of likely N-dealkylation sites (tertiary alicyclic amines) is 1. The fourth-order valence-electron chi connectivity index (χ4n) is 3.64. The summed E-state index contributed by atoms with van der Waals surface area (Å²) in [6.45, 7) is 0.424. The number of benzene rings is 1. The van der Waals surface area contributed by atoms with Crippen molar-refractivity contribution in [1.29, 1.82) is 0 Å². The Kier molecular flexibility index (Phi) is 7.19. The zero-order valence-corrected chi connectivity index (χ0v) is 19.5. The summed E-state index contributed by atoms with van der Waals surface area (Å²) in [5.41, 5.74) is -5.00. The molecule has 2 amide bonds. The third-order valence-electron chi connectivity index (χ3n) is 5.37. The number of rotatable bonds is 3. The Morgan fingerprint density at radius 3 is 2.50 bits per heavy atom. The first-order chi connectivity index (χ1) is 15.8. The second-order valence-corrected chi connectivity index (χ2v) is 8.42. The molecule has 34 heavy (non-hydrogen) atoms. The summed E-state index contributed by atoms with van der Waals surface area (Å²) in [6, 6.07) is 1.36. The first-order valence-corrected chi connectivity index (χ1v) is 10.7. The summed E-state index contributed by atoms with van der Waals surface area (Å²) >= 11 is 3.08. The highest BCUT2D eigenvalue weighted by atomic mass is 79.9. The summed E-state index contributed by atoms with van der Waals surface area (Å²) in [5.74, 6) is -2.06. The number of hydrogen-bond acceptors (Lipinski definition) is 5. The molecule has 3 rings (SSSR count). The monoisotopic (exact) mass is 550 g/mol. The van der Waals surface area contributed by atoms with Gasteiger partial charge in [0.25, 0.3) is 5.56 Å². The Hall–Kier alpha value is -3.16. The van der Waals surface area contributed by atoms with Crippen LogP contribution >= 0.6 is 15.9 Å². The molecule has 0 aliphatic carbocycles. The number of alkyl halides is 3. The molecule has 1 unspecified atom stereocenters. The Morgan fingerprint density at radius 1 is 1.21 bits per heavy atom. The molecule has 184 valence electrons. The van der Waals surface area contributed by atoms with E-state index in [9.17, 15) is 36.7 Å². The van der Waals surface area contributed by atoms with Gasteiger partial charge in [-0.2, -0.15) is 13.2 Å². The zero-order valence-electron chi connectivity index (χ0n) is 17.9. The molecule has 2 heterocycles. The highest BCUT2D eigenvalue weighted by molar-refractivity contribution is 9.10. The number of amides is 2. The van der Waals surface area contributed by atoms with Crippen LogP contribution in [0.2, 0.25) is 0 Å². The standard InChI is InChI=1S/C20H19BrF4N4O5/c1-27-15(20(23,24)25)8-16(30)29(19(27)33)14-7-13(11(21)6-12(14)22)26-18(32)28-5-3-4-10(9-28)17(31)34-2/h6-8,10H,3-5,9H2,1-2H3,(H,26,32). The van der Waals surface area contributed by atoms with E-state index in [2.05, 4.69) is 21.2 Å². The van der Waals surface area contributed by atoms with Crippen molar-refractivity contribution in [3.05, 3.63) is 55.0 Å². The number of esters is 1. The normalized spacial score (nSPS) is 16.3. The number of hydrogen-bond donors (Lipinski definition) is 1. The maximum atomic E-state index is 14.7. The van der Waals surface area contributed by atoms with Gasteiger partial charge in [0.2, 0.25) is 0 Å². The van der Waals surface area contributed by atoms with E-state index in [4.69, 9.17) is 4.74 Å². The van der Waals surface area contributed by atoms with Crippen molar-refractivity contribution in [3.63, 3.8) is 0 Å². The molecule has 0 bridgehead atoms. The van der Waals surface area contributed by atoms with E-state index >= 15 is 0 Å². The Labute approximate surface area is 198 Å². The topological polar surface area (TPSA) is 103 Å². The van der Waals surface area contributed by atoms with Gasteiger partial charge in [-0.15, -0.1) is 0 Å². The molecular formula is C20H19BrF4N4O5. The SMILES string of the molecule is COC(=O)C1CCCN(C(=O)Nc2cc(-n3c(=O)cc(C(F)(F)F)n(C)c3=O)c(F)cc2Br)C1. The molecule has 1 aliphatic heterocycles. The summed E-state index contributed by atoms with van der Waals surface area (Å²) in [5, 5.41) is 2.50. The maximum Gasteiger partial charge on any atom is 0.431 e. The molecule has 1 fully saturated rings. The van der Waals surface area contributed by atoms with E-state index in [1.165, 1.54) is 12.0 Å². The van der Waals surface area contributed by atoms with Crippen molar-refractivity contribution in [1.82, 2.24) is 14.0 Å². The first-order valence-electron chi connectivity index (χ1n) is 9.88. The number of aromatic nitrogens is 2. The van der Waals surface area contributed by atoms with Gasteiger partial charge in [-0.1, -0.05) is 0 Å². The van der Waals surface area contributed by atoms with Crippen LogP contribution in [0.5, 0.6) is 0 Å². The molecule has 1 aromatic carbocycles. The maximum absolute atomic E-state index is 14.7. The van der Waals surface area contributed by atoms with E-state index < -0.39 is 52.5 Å². The van der Waals surface area contributed by atoms with E-state index in [1.54, 1.807) is 0 Å². The van der Waals surface area contributed by atoms with Crippen molar-refractivity contribution >= 4 is 33.6 Å². The molecule has 0 spiro atoms. The van der Waals surface area contributed by atoms with E-state index in [0.717, 1.165) is 19.2 Å². The summed E-state index contributed by atoms with van der Waals surface area (Å²) in [4.78, 5) is 50.7. The van der Waals surface area contributed by atoms with Gasteiger partial charge in [0.05, 0.1) is 24.4 Å². The Balaban J connectivity index is 1.98. The minimum absolute atomic E-state index is 0.0459. The van der Waals surface area contributed by atoms with Crippen LogP contribution in [0.4, 0.5) is 28.0 Å². The van der Waals surface area contributed by atoms with Crippen molar-refractivity contribution < 1.29 is 31.9 Å². The molecule has 1 atom stereocenters. The van der Waals surface area contributed by atoms with Crippen LogP contribution < -0.4 is 16.6 Å². The fraction of sp³-hybridized carbons (Fsp3) is 0.400. The minimum Gasteiger partial charge on any atom is -0.469 e. The lowest BCUT2D eigenvalue weighted by Gasteiger charge is -2.31. The van der Waals surface area contributed by atoms with Crippen LogP contribution in [0.1, 0.15) is 18.5 Å². The van der Waals surface area contributed by atoms with Crippen LogP contribution in [0, 0.1) is 11.7 Å². The third kappa shape index (κ3) is 5.00. The lowest BCUT2D eigenvalue weighted by atomic mass is 9.98. The number of ether oxygens (including phenoxy) is 1. The molecule has 0 radical (unpaired) electrons. The summed E-state index contributed by atoms with van der Waals surface area (Å²) < 4.78 is 59.1. The second kappa shape index (κ2) is 9.60. The van der Waals surface area contributed by atoms with Gasteiger partial charge in [0, 0.05) is 30.7 Å². The van der Waals surface area contributed by atoms with Crippen LogP contribution in [0.15, 0.2) is 32.3 Å². The van der Waals surface area contributed by atoms with E-state index in [1.807, 2.05) is 0 Å². The molecule has 9 nitrogen and oxygen atoms in total. The van der Waals surface area contributed by atoms with Gasteiger partial charge in [0.1, 0.15) is 11.5 Å². The van der Waals surface area contributed by atoms with Crippen LogP contribution in [0.25, 0.3) is 5.69 Å². The van der Waals surface area contributed by atoms with E-state index in [-0.39, 0.29) is 31.9 Å². The molecule has 1 aromatic heterocycles. The molecule has 1 N–H and O–H groups in total. The van der Waals surface area contributed by atoms with Gasteiger partial charge < -0.3 is 15.0 Å². The summed E-state index contributed by atoms with van der Waals surface area (Å²) in [6.07, 6.45) is -3.89. The molecule has 0 saturated carbocycles. The van der Waals surface area contributed by atoms with Gasteiger partial charge in [-0.05, 0) is 40.9 Å². The number of nitrogens with zero attached hydrogens (tertiary/aromatic N) is 3. The van der Waals surface area contributed by atoms with Crippen molar-refractivity contribution in [2.24, 2.45) is 13.0 Å². The molecule has 1 saturated heterocycles.